The highest BCUT2D eigenvalue weighted by atomic mass is 35.5. The second kappa shape index (κ2) is 4.99. The summed E-state index contributed by atoms with van der Waals surface area (Å²) < 4.78 is 22.9. The van der Waals surface area contributed by atoms with Crippen molar-refractivity contribution in [2.75, 3.05) is 11.5 Å². The van der Waals surface area contributed by atoms with E-state index in [1.54, 1.807) is 0 Å². The fourth-order valence-corrected chi connectivity index (χ4v) is 4.74. The zero-order valence-corrected chi connectivity index (χ0v) is 11.4. The standard InChI is InChI=1S/C13H17ClO2S/c1-10(11-5-3-2-4-6-11)13(14)12-7-8-17(15,16)9-12/h2-6,10,12-13H,7-9H2,1H3. The van der Waals surface area contributed by atoms with Gasteiger partial charge in [0, 0.05) is 5.38 Å². The summed E-state index contributed by atoms with van der Waals surface area (Å²) >= 11 is 6.43. The monoisotopic (exact) mass is 272 g/mol. The van der Waals surface area contributed by atoms with E-state index in [9.17, 15) is 8.42 Å². The zero-order chi connectivity index (χ0) is 12.5. The minimum Gasteiger partial charge on any atom is -0.229 e. The molecule has 94 valence electrons. The molecule has 0 amide bonds. The molecule has 0 aromatic heterocycles. The van der Waals surface area contributed by atoms with Gasteiger partial charge in [-0.15, -0.1) is 11.6 Å². The van der Waals surface area contributed by atoms with Crippen LogP contribution in [0.4, 0.5) is 0 Å². The molecule has 0 radical (unpaired) electrons. The molecule has 0 N–H and O–H groups in total. The van der Waals surface area contributed by atoms with Gasteiger partial charge in [-0.2, -0.15) is 0 Å². The van der Waals surface area contributed by atoms with Gasteiger partial charge in [0.05, 0.1) is 11.5 Å². The van der Waals surface area contributed by atoms with E-state index in [0.29, 0.717) is 12.2 Å². The Labute approximate surface area is 108 Å². The molecule has 0 saturated carbocycles. The predicted octanol–water partition coefficient (Wildman–Crippen LogP) is 2.83. The number of alkyl halides is 1. The van der Waals surface area contributed by atoms with Crippen molar-refractivity contribution in [3.63, 3.8) is 0 Å². The van der Waals surface area contributed by atoms with E-state index in [1.807, 2.05) is 30.3 Å². The van der Waals surface area contributed by atoms with Crippen LogP contribution in [0.5, 0.6) is 0 Å². The van der Waals surface area contributed by atoms with Crippen LogP contribution in [0.3, 0.4) is 0 Å². The molecule has 1 aromatic carbocycles. The van der Waals surface area contributed by atoms with Crippen molar-refractivity contribution in [1.29, 1.82) is 0 Å². The fourth-order valence-electron chi connectivity index (χ4n) is 2.42. The van der Waals surface area contributed by atoms with Gasteiger partial charge in [0.25, 0.3) is 0 Å². The lowest BCUT2D eigenvalue weighted by Crippen LogP contribution is -2.22. The maximum absolute atomic E-state index is 11.4. The molecule has 3 atom stereocenters. The van der Waals surface area contributed by atoms with Gasteiger partial charge in [-0.25, -0.2) is 8.42 Å². The van der Waals surface area contributed by atoms with E-state index in [-0.39, 0.29) is 23.0 Å². The Morgan fingerprint density at radius 2 is 1.94 bits per heavy atom. The average molecular weight is 273 g/mol. The van der Waals surface area contributed by atoms with Crippen LogP contribution in [0.15, 0.2) is 30.3 Å². The van der Waals surface area contributed by atoms with Gasteiger partial charge in [-0.3, -0.25) is 0 Å². The van der Waals surface area contributed by atoms with Crippen LogP contribution in [-0.2, 0) is 9.84 Å². The minimum absolute atomic E-state index is 0.0943. The van der Waals surface area contributed by atoms with Crippen molar-refractivity contribution in [1.82, 2.24) is 0 Å². The highest BCUT2D eigenvalue weighted by molar-refractivity contribution is 7.91. The van der Waals surface area contributed by atoms with E-state index in [1.165, 1.54) is 5.56 Å². The van der Waals surface area contributed by atoms with Crippen molar-refractivity contribution < 1.29 is 8.42 Å². The van der Waals surface area contributed by atoms with Gasteiger partial charge in [0.2, 0.25) is 0 Å². The molecule has 1 aliphatic rings. The van der Waals surface area contributed by atoms with Crippen LogP contribution in [0.25, 0.3) is 0 Å². The summed E-state index contributed by atoms with van der Waals surface area (Å²) in [5.74, 6) is 0.828. The number of benzene rings is 1. The van der Waals surface area contributed by atoms with Crippen LogP contribution in [0.1, 0.15) is 24.8 Å². The van der Waals surface area contributed by atoms with E-state index in [0.717, 1.165) is 0 Å². The van der Waals surface area contributed by atoms with Crippen LogP contribution in [-0.4, -0.2) is 25.3 Å². The third-order valence-electron chi connectivity index (χ3n) is 3.52. The van der Waals surface area contributed by atoms with Gasteiger partial charge in [0.15, 0.2) is 9.84 Å². The SMILES string of the molecule is CC(c1ccccc1)C(Cl)C1CCS(=O)(=O)C1. The van der Waals surface area contributed by atoms with E-state index < -0.39 is 9.84 Å². The first-order valence-corrected chi connectivity index (χ1v) is 8.15. The van der Waals surface area contributed by atoms with Crippen LogP contribution >= 0.6 is 11.6 Å². The first-order chi connectivity index (χ1) is 7.99. The first-order valence-electron chi connectivity index (χ1n) is 5.89. The number of rotatable bonds is 3. The average Bonchev–Trinajstić information content (AvgIpc) is 2.69. The molecule has 2 nitrogen and oxygen atoms in total. The summed E-state index contributed by atoms with van der Waals surface area (Å²) in [5.41, 5.74) is 1.18. The number of halogens is 1. The largest absolute Gasteiger partial charge is 0.229 e. The number of sulfone groups is 1. The second-order valence-electron chi connectivity index (χ2n) is 4.81. The maximum Gasteiger partial charge on any atom is 0.150 e. The molecule has 1 aromatic rings. The molecule has 2 rings (SSSR count). The van der Waals surface area contributed by atoms with Gasteiger partial charge < -0.3 is 0 Å². The summed E-state index contributed by atoms with van der Waals surface area (Å²) in [4.78, 5) is 0. The highest BCUT2D eigenvalue weighted by Crippen LogP contribution is 2.34. The first kappa shape index (κ1) is 12.9. The molecule has 1 heterocycles. The van der Waals surface area contributed by atoms with E-state index in [2.05, 4.69) is 6.92 Å². The molecule has 0 spiro atoms. The molecule has 1 saturated heterocycles. The van der Waals surface area contributed by atoms with Crippen LogP contribution < -0.4 is 0 Å². The zero-order valence-electron chi connectivity index (χ0n) is 9.84. The third-order valence-corrected chi connectivity index (χ3v) is 6.05. The molecule has 4 heteroatoms. The van der Waals surface area contributed by atoms with Crippen LogP contribution in [0, 0.1) is 5.92 Å². The Morgan fingerprint density at radius 1 is 1.29 bits per heavy atom. The molecule has 0 aliphatic carbocycles. The Bertz CT molecular complexity index is 469. The molecular weight excluding hydrogens is 256 g/mol. The molecule has 3 unspecified atom stereocenters. The van der Waals surface area contributed by atoms with Crippen LogP contribution in [0.2, 0.25) is 0 Å². The molecular formula is C13H17ClO2S. The topological polar surface area (TPSA) is 34.1 Å². The van der Waals surface area contributed by atoms with Crippen molar-refractivity contribution in [3.05, 3.63) is 35.9 Å². The van der Waals surface area contributed by atoms with E-state index >= 15 is 0 Å². The normalized spacial score (nSPS) is 26.6. The summed E-state index contributed by atoms with van der Waals surface area (Å²) in [6, 6.07) is 10.0. The van der Waals surface area contributed by atoms with E-state index in [4.69, 9.17) is 11.6 Å². The van der Waals surface area contributed by atoms with Crippen molar-refractivity contribution in [2.45, 2.75) is 24.6 Å². The fraction of sp³-hybridized carbons (Fsp3) is 0.538. The summed E-state index contributed by atoms with van der Waals surface area (Å²) in [6.07, 6.45) is 0.702. The quantitative estimate of drug-likeness (QED) is 0.793. The molecule has 17 heavy (non-hydrogen) atoms. The number of hydrogen-bond donors (Lipinski definition) is 0. The van der Waals surface area contributed by atoms with Crippen molar-refractivity contribution in [2.24, 2.45) is 5.92 Å². The summed E-state index contributed by atoms with van der Waals surface area (Å²) in [6.45, 7) is 2.07. The Kier molecular flexibility index (Phi) is 3.79. The Morgan fingerprint density at radius 3 is 2.47 bits per heavy atom. The molecule has 0 bridgehead atoms. The van der Waals surface area contributed by atoms with Crippen molar-refractivity contribution in [3.8, 4) is 0 Å². The summed E-state index contributed by atoms with van der Waals surface area (Å²) in [5, 5.41) is -0.102. The van der Waals surface area contributed by atoms with Gasteiger partial charge in [0.1, 0.15) is 0 Å². The smallest absolute Gasteiger partial charge is 0.150 e. The lowest BCUT2D eigenvalue weighted by atomic mass is 9.89. The maximum atomic E-state index is 11.4. The molecule has 1 fully saturated rings. The lowest BCUT2D eigenvalue weighted by Gasteiger charge is -2.23. The van der Waals surface area contributed by atoms with Gasteiger partial charge in [-0.05, 0) is 23.8 Å². The Balaban J connectivity index is 2.08. The van der Waals surface area contributed by atoms with Gasteiger partial charge in [-0.1, -0.05) is 37.3 Å². The Hall–Kier alpha value is -0.540. The number of hydrogen-bond acceptors (Lipinski definition) is 2. The summed E-state index contributed by atoms with van der Waals surface area (Å²) in [7, 11) is -2.84. The van der Waals surface area contributed by atoms with Crippen molar-refractivity contribution >= 4 is 21.4 Å². The third kappa shape index (κ3) is 3.02. The van der Waals surface area contributed by atoms with Gasteiger partial charge >= 0.3 is 0 Å². The molecule has 1 aliphatic heterocycles. The predicted molar refractivity (Wildman–Crippen MR) is 71.3 cm³/mol. The lowest BCUT2D eigenvalue weighted by molar-refractivity contribution is 0.502. The minimum atomic E-state index is -2.84. The highest BCUT2D eigenvalue weighted by Gasteiger charge is 2.35. The second-order valence-corrected chi connectivity index (χ2v) is 7.54.